The summed E-state index contributed by atoms with van der Waals surface area (Å²) < 4.78 is 37.4. The number of anilines is 1. The molecule has 0 saturated carbocycles. The van der Waals surface area contributed by atoms with Gasteiger partial charge in [-0.2, -0.15) is 0 Å². The van der Waals surface area contributed by atoms with Crippen LogP contribution < -0.4 is 73.9 Å². The average Bonchev–Trinajstić information content (AvgIpc) is 2.42. The number of carbonyl (C=O) groups is 1. The topological polar surface area (TPSA) is 110 Å². The first-order valence-electron chi connectivity index (χ1n) is 6.30. The molecule has 1 aromatic rings. The molecule has 0 saturated heterocycles. The Labute approximate surface area is 180 Å². The number of hydrogen-bond acceptors (Lipinski definition) is 7. The first-order chi connectivity index (χ1) is 9.76. The maximum Gasteiger partial charge on any atom is 1.00 e. The van der Waals surface area contributed by atoms with Gasteiger partial charge < -0.3 is 24.1 Å². The van der Waals surface area contributed by atoms with E-state index in [1.165, 1.54) is 7.11 Å². The number of methoxy groups -OCH3 is 1. The summed E-state index contributed by atoms with van der Waals surface area (Å²) in [5.74, 6) is -3.35. The second-order valence-corrected chi connectivity index (χ2v) is 5.93. The van der Waals surface area contributed by atoms with E-state index in [1.54, 1.807) is 36.1 Å². The molecular formula is C13H17NNa2O6S. The normalized spacial score (nSPS) is 11.6. The largest absolute Gasteiger partial charge is 1.00 e. The smallest absolute Gasteiger partial charge is 0.748 e. The zero-order valence-corrected chi connectivity index (χ0v) is 18.6. The Morgan fingerprint density at radius 3 is 2.39 bits per heavy atom. The number of aliphatic carboxylic acids is 1. The fraction of sp³-hybridized carbons (Fsp3) is 0.462. The van der Waals surface area contributed by atoms with E-state index < -0.39 is 27.8 Å². The third kappa shape index (κ3) is 9.31. The van der Waals surface area contributed by atoms with E-state index in [-0.39, 0.29) is 65.7 Å². The predicted molar refractivity (Wildman–Crippen MR) is 73.9 cm³/mol. The molecule has 0 bridgehead atoms. The molecule has 118 valence electrons. The van der Waals surface area contributed by atoms with E-state index in [0.717, 1.165) is 0 Å². The zero-order chi connectivity index (χ0) is 16.0. The van der Waals surface area contributed by atoms with Gasteiger partial charge in [-0.05, 0) is 19.1 Å². The first-order valence-corrected chi connectivity index (χ1v) is 7.88. The molecule has 0 aliphatic carbocycles. The minimum Gasteiger partial charge on any atom is -0.748 e. The molecule has 1 atom stereocenters. The molecule has 23 heavy (non-hydrogen) atoms. The van der Waals surface area contributed by atoms with Gasteiger partial charge in [0.15, 0.2) is 0 Å². The van der Waals surface area contributed by atoms with E-state index in [1.807, 2.05) is 0 Å². The number of carbonyl (C=O) groups excluding carboxylic acids is 1. The summed E-state index contributed by atoms with van der Waals surface area (Å²) in [6.07, 6.45) is 0. The molecule has 1 aromatic carbocycles. The molecule has 0 N–H and O–H groups in total. The van der Waals surface area contributed by atoms with Gasteiger partial charge in [-0.1, -0.05) is 6.07 Å². The molecule has 1 rings (SSSR count). The molecule has 0 aliphatic heterocycles. The molecule has 0 heterocycles. The monoisotopic (exact) mass is 361 g/mol. The van der Waals surface area contributed by atoms with Gasteiger partial charge in [0, 0.05) is 42.5 Å². The number of carboxylic acids is 1. The average molecular weight is 361 g/mol. The van der Waals surface area contributed by atoms with Crippen molar-refractivity contribution in [2.24, 2.45) is 5.92 Å². The van der Waals surface area contributed by atoms with Crippen LogP contribution in [0.3, 0.4) is 0 Å². The molecule has 10 heteroatoms. The summed E-state index contributed by atoms with van der Waals surface area (Å²) in [6.45, 7) is 2.10. The maximum atomic E-state index is 11.0. The van der Waals surface area contributed by atoms with Crippen molar-refractivity contribution in [2.75, 3.05) is 30.9 Å². The Morgan fingerprint density at radius 1 is 1.35 bits per heavy atom. The zero-order valence-electron chi connectivity index (χ0n) is 13.8. The number of nitrogens with zero attached hydrogens (tertiary/aromatic N) is 1. The fourth-order valence-electron chi connectivity index (χ4n) is 1.93. The van der Waals surface area contributed by atoms with E-state index in [0.29, 0.717) is 18.0 Å². The molecule has 0 amide bonds. The quantitative estimate of drug-likeness (QED) is 0.334. The van der Waals surface area contributed by atoms with Crippen LogP contribution in [0.25, 0.3) is 0 Å². The van der Waals surface area contributed by atoms with Gasteiger partial charge in [0.1, 0.15) is 5.75 Å². The second kappa shape index (κ2) is 11.7. The van der Waals surface area contributed by atoms with Crippen molar-refractivity contribution in [1.29, 1.82) is 0 Å². The van der Waals surface area contributed by atoms with Gasteiger partial charge >= 0.3 is 59.1 Å². The molecule has 0 spiro atoms. The van der Waals surface area contributed by atoms with Crippen molar-refractivity contribution >= 4 is 21.8 Å². The Kier molecular flexibility index (Phi) is 12.9. The van der Waals surface area contributed by atoms with Gasteiger partial charge in [-0.3, -0.25) is 0 Å². The summed E-state index contributed by atoms with van der Waals surface area (Å²) in [4.78, 5) is 12.7. The fourth-order valence-corrected chi connectivity index (χ4v) is 2.67. The number of ether oxygens (including phenoxy) is 1. The predicted octanol–water partition coefficient (Wildman–Crippen LogP) is -6.56. The van der Waals surface area contributed by atoms with Crippen LogP contribution in [-0.2, 0) is 14.9 Å². The van der Waals surface area contributed by atoms with Gasteiger partial charge in [0.05, 0.1) is 17.2 Å². The first kappa shape index (κ1) is 25.4. The Morgan fingerprint density at radius 2 is 1.96 bits per heavy atom. The summed E-state index contributed by atoms with van der Waals surface area (Å²) in [6, 6.07) is 6.90. The van der Waals surface area contributed by atoms with Crippen molar-refractivity contribution < 1.29 is 86.7 Å². The molecule has 7 nitrogen and oxygen atoms in total. The SMILES string of the molecule is CCN(CC(CS(=O)(=O)[O-])C(=O)[O-])c1cccc(OC)c1.[Na+].[Na+]. The molecular weight excluding hydrogens is 344 g/mol. The Hall–Kier alpha value is 0.200. The molecule has 1 unspecified atom stereocenters. The second-order valence-electron chi connectivity index (χ2n) is 4.48. The third-order valence-electron chi connectivity index (χ3n) is 2.98. The number of hydrogen-bond donors (Lipinski definition) is 0. The van der Waals surface area contributed by atoms with Crippen LogP contribution in [0.15, 0.2) is 24.3 Å². The third-order valence-corrected chi connectivity index (χ3v) is 3.79. The van der Waals surface area contributed by atoms with Crippen LogP contribution in [0.5, 0.6) is 5.75 Å². The van der Waals surface area contributed by atoms with Crippen LogP contribution in [-0.4, -0.2) is 44.9 Å². The van der Waals surface area contributed by atoms with Gasteiger partial charge in [0.2, 0.25) is 0 Å². The number of rotatable bonds is 8. The van der Waals surface area contributed by atoms with Crippen molar-refractivity contribution in [3.8, 4) is 5.75 Å². The Bertz CT molecular complexity index is 596. The van der Waals surface area contributed by atoms with E-state index in [4.69, 9.17) is 4.74 Å². The van der Waals surface area contributed by atoms with Crippen LogP contribution in [0, 0.1) is 5.92 Å². The van der Waals surface area contributed by atoms with Crippen molar-refractivity contribution in [3.63, 3.8) is 0 Å². The minimum absolute atomic E-state index is 0. The van der Waals surface area contributed by atoms with Crippen molar-refractivity contribution in [3.05, 3.63) is 24.3 Å². The summed E-state index contributed by atoms with van der Waals surface area (Å²) in [5, 5.41) is 11.0. The van der Waals surface area contributed by atoms with Gasteiger partial charge in [0.25, 0.3) is 0 Å². The summed E-state index contributed by atoms with van der Waals surface area (Å²) in [5.41, 5.74) is 0.673. The van der Waals surface area contributed by atoms with Crippen molar-refractivity contribution in [2.45, 2.75) is 6.92 Å². The number of carboxylic acid groups (broad SMARTS) is 1. The molecule has 0 radical (unpaired) electrons. The van der Waals surface area contributed by atoms with Crippen LogP contribution in [0.2, 0.25) is 0 Å². The minimum atomic E-state index is -4.64. The number of benzene rings is 1. The molecule has 0 aliphatic rings. The van der Waals surface area contributed by atoms with E-state index in [2.05, 4.69) is 0 Å². The van der Waals surface area contributed by atoms with Gasteiger partial charge in [-0.15, -0.1) is 0 Å². The summed E-state index contributed by atoms with van der Waals surface area (Å²) >= 11 is 0. The van der Waals surface area contributed by atoms with E-state index in [9.17, 15) is 22.9 Å². The maximum absolute atomic E-state index is 11.0. The standard InChI is InChI=1S/C13H19NO6S.2Na/c1-3-14(11-5-4-6-12(7-11)20-2)8-10(13(15)16)9-21(17,18)19;;/h4-7,10H,3,8-9H2,1-2H3,(H,15,16)(H,17,18,19);;/q;2*+1/p-2. The molecule has 0 aromatic heterocycles. The van der Waals surface area contributed by atoms with Crippen LogP contribution in [0.1, 0.15) is 6.92 Å². The Balaban J connectivity index is 0. The van der Waals surface area contributed by atoms with Gasteiger partial charge in [-0.25, -0.2) is 8.42 Å². The van der Waals surface area contributed by atoms with Crippen molar-refractivity contribution in [1.82, 2.24) is 0 Å². The van der Waals surface area contributed by atoms with Crippen LogP contribution in [0.4, 0.5) is 5.69 Å². The molecule has 0 fully saturated rings. The summed E-state index contributed by atoms with van der Waals surface area (Å²) in [7, 11) is -3.14. The van der Waals surface area contributed by atoms with E-state index >= 15 is 0 Å². The van der Waals surface area contributed by atoms with Crippen LogP contribution >= 0.6 is 0 Å².